The van der Waals surface area contributed by atoms with Crippen LogP contribution in [0.25, 0.3) is 11.0 Å². The Morgan fingerprint density at radius 2 is 2.23 bits per heavy atom. The van der Waals surface area contributed by atoms with E-state index in [1.165, 1.54) is 12.4 Å². The molecule has 0 saturated carbocycles. The Balaban J connectivity index is 1.96. The molecule has 110 valence electrons. The van der Waals surface area contributed by atoms with Crippen LogP contribution in [0.5, 0.6) is 0 Å². The summed E-state index contributed by atoms with van der Waals surface area (Å²) < 4.78 is 0. The number of carbonyl (C=O) groups is 1. The second-order valence-electron chi connectivity index (χ2n) is 4.74. The number of fused-ring (bicyclic) bond motifs is 1. The van der Waals surface area contributed by atoms with Crippen LogP contribution in [-0.2, 0) is 4.79 Å². The van der Waals surface area contributed by atoms with E-state index in [1.54, 1.807) is 0 Å². The molecule has 0 spiro atoms. The quantitative estimate of drug-likeness (QED) is 0.725. The molecule has 1 aromatic carbocycles. The monoisotopic (exact) mass is 293 g/mol. The number of hydrogen-bond acceptors (Lipinski definition) is 4. The Labute approximate surface area is 127 Å². The Bertz CT molecular complexity index is 839. The predicted octanol–water partition coefficient (Wildman–Crippen LogP) is 2.85. The molecular formula is C16H15N5O. The van der Waals surface area contributed by atoms with Crippen LogP contribution in [0.1, 0.15) is 0 Å². The number of carbonyl (C=O) groups excluding carboxylic acids is 1. The van der Waals surface area contributed by atoms with Gasteiger partial charge in [0.25, 0.3) is 0 Å². The number of nitrogens with one attached hydrogen (secondary N) is 2. The molecule has 0 atom stereocenters. The van der Waals surface area contributed by atoms with Crippen LogP contribution in [0.3, 0.4) is 0 Å². The van der Waals surface area contributed by atoms with Gasteiger partial charge in [0, 0.05) is 24.6 Å². The first-order valence-corrected chi connectivity index (χ1v) is 6.74. The average Bonchev–Trinajstić information content (AvgIpc) is 3.03. The number of amides is 1. The van der Waals surface area contributed by atoms with Crippen LogP contribution in [0.4, 0.5) is 17.2 Å². The summed E-state index contributed by atoms with van der Waals surface area (Å²) in [6.07, 6.45) is 4.59. The molecule has 3 aromatic rings. The summed E-state index contributed by atoms with van der Waals surface area (Å²) in [6, 6.07) is 9.46. The average molecular weight is 293 g/mol. The van der Waals surface area contributed by atoms with Crippen LogP contribution in [0.15, 0.2) is 55.5 Å². The highest BCUT2D eigenvalue weighted by molar-refractivity contribution is 5.99. The zero-order chi connectivity index (χ0) is 15.5. The van der Waals surface area contributed by atoms with Crippen LogP contribution >= 0.6 is 0 Å². The molecule has 22 heavy (non-hydrogen) atoms. The van der Waals surface area contributed by atoms with Crippen molar-refractivity contribution in [1.82, 2.24) is 15.0 Å². The van der Waals surface area contributed by atoms with E-state index in [0.29, 0.717) is 5.69 Å². The Hall–Kier alpha value is -3.15. The van der Waals surface area contributed by atoms with E-state index in [-0.39, 0.29) is 5.91 Å². The lowest BCUT2D eigenvalue weighted by atomic mass is 10.2. The highest BCUT2D eigenvalue weighted by Crippen LogP contribution is 2.28. The highest BCUT2D eigenvalue weighted by atomic mass is 16.1. The van der Waals surface area contributed by atoms with Crippen molar-refractivity contribution < 1.29 is 4.79 Å². The number of aromatic nitrogens is 3. The third-order valence-corrected chi connectivity index (χ3v) is 3.34. The molecule has 6 nitrogen and oxygen atoms in total. The summed E-state index contributed by atoms with van der Waals surface area (Å²) in [6.45, 7) is 3.45. The maximum absolute atomic E-state index is 11.4. The van der Waals surface area contributed by atoms with Crippen molar-refractivity contribution in [3.05, 3.63) is 55.5 Å². The van der Waals surface area contributed by atoms with Gasteiger partial charge in [-0.15, -0.1) is 0 Å². The zero-order valence-electron chi connectivity index (χ0n) is 12.1. The van der Waals surface area contributed by atoms with E-state index in [1.807, 2.05) is 48.5 Å². The van der Waals surface area contributed by atoms with Crippen molar-refractivity contribution in [2.75, 3.05) is 17.3 Å². The van der Waals surface area contributed by atoms with Gasteiger partial charge in [-0.2, -0.15) is 0 Å². The SMILES string of the molecule is C=CC(=O)Nc1cccc(N(C)c2ncnc3[nH]ccc23)c1. The Morgan fingerprint density at radius 1 is 1.36 bits per heavy atom. The lowest BCUT2D eigenvalue weighted by Gasteiger charge is -2.19. The van der Waals surface area contributed by atoms with Crippen LogP contribution in [0, 0.1) is 0 Å². The summed E-state index contributed by atoms with van der Waals surface area (Å²) in [7, 11) is 1.92. The first-order chi connectivity index (χ1) is 10.7. The van der Waals surface area contributed by atoms with E-state index < -0.39 is 0 Å². The molecule has 0 aliphatic rings. The van der Waals surface area contributed by atoms with E-state index in [0.717, 1.165) is 22.5 Å². The molecule has 0 bridgehead atoms. The summed E-state index contributed by atoms with van der Waals surface area (Å²) >= 11 is 0. The molecule has 0 aliphatic heterocycles. The molecule has 0 radical (unpaired) electrons. The summed E-state index contributed by atoms with van der Waals surface area (Å²) in [5.74, 6) is 0.549. The van der Waals surface area contributed by atoms with Gasteiger partial charge in [-0.25, -0.2) is 9.97 Å². The zero-order valence-corrected chi connectivity index (χ0v) is 12.1. The lowest BCUT2D eigenvalue weighted by molar-refractivity contribution is -0.111. The van der Waals surface area contributed by atoms with Gasteiger partial charge >= 0.3 is 0 Å². The third-order valence-electron chi connectivity index (χ3n) is 3.34. The number of nitrogens with zero attached hydrogens (tertiary/aromatic N) is 3. The topological polar surface area (TPSA) is 73.9 Å². The van der Waals surface area contributed by atoms with Gasteiger partial charge in [0.2, 0.25) is 5.91 Å². The summed E-state index contributed by atoms with van der Waals surface area (Å²) in [5, 5.41) is 3.68. The lowest BCUT2D eigenvalue weighted by Crippen LogP contribution is -2.13. The maximum atomic E-state index is 11.4. The van der Waals surface area contributed by atoms with E-state index in [4.69, 9.17) is 0 Å². The van der Waals surface area contributed by atoms with Gasteiger partial charge in [-0.1, -0.05) is 12.6 Å². The van der Waals surface area contributed by atoms with Crippen molar-refractivity contribution >= 4 is 34.1 Å². The minimum absolute atomic E-state index is 0.241. The third kappa shape index (κ3) is 2.54. The first kappa shape index (κ1) is 13.8. The summed E-state index contributed by atoms with van der Waals surface area (Å²) in [5.41, 5.74) is 2.39. The van der Waals surface area contributed by atoms with Crippen LogP contribution in [0.2, 0.25) is 0 Å². The van der Waals surface area contributed by atoms with Gasteiger partial charge in [0.05, 0.1) is 5.39 Å². The van der Waals surface area contributed by atoms with Crippen molar-refractivity contribution in [1.29, 1.82) is 0 Å². The number of hydrogen-bond donors (Lipinski definition) is 2. The fourth-order valence-corrected chi connectivity index (χ4v) is 2.23. The van der Waals surface area contributed by atoms with Gasteiger partial charge < -0.3 is 15.2 Å². The van der Waals surface area contributed by atoms with Crippen molar-refractivity contribution in [3.8, 4) is 0 Å². The van der Waals surface area contributed by atoms with E-state index >= 15 is 0 Å². The van der Waals surface area contributed by atoms with E-state index in [9.17, 15) is 4.79 Å². The predicted molar refractivity (Wildman–Crippen MR) is 87.2 cm³/mol. The minimum Gasteiger partial charge on any atom is -0.346 e. The van der Waals surface area contributed by atoms with Crippen molar-refractivity contribution in [2.45, 2.75) is 0 Å². The Kier molecular flexibility index (Phi) is 3.57. The van der Waals surface area contributed by atoms with Gasteiger partial charge in [-0.3, -0.25) is 4.79 Å². The number of benzene rings is 1. The normalized spacial score (nSPS) is 10.4. The second-order valence-corrected chi connectivity index (χ2v) is 4.74. The second kappa shape index (κ2) is 5.69. The molecule has 2 heterocycles. The molecule has 6 heteroatoms. The molecule has 1 amide bonds. The molecular weight excluding hydrogens is 278 g/mol. The van der Waals surface area contributed by atoms with Crippen molar-refractivity contribution in [2.24, 2.45) is 0 Å². The van der Waals surface area contributed by atoms with E-state index in [2.05, 4.69) is 26.8 Å². The largest absolute Gasteiger partial charge is 0.346 e. The minimum atomic E-state index is -0.241. The number of aromatic amines is 1. The smallest absolute Gasteiger partial charge is 0.247 e. The number of anilines is 3. The highest BCUT2D eigenvalue weighted by Gasteiger charge is 2.11. The van der Waals surface area contributed by atoms with Crippen LogP contribution in [-0.4, -0.2) is 27.9 Å². The van der Waals surface area contributed by atoms with Crippen molar-refractivity contribution in [3.63, 3.8) is 0 Å². The molecule has 2 aromatic heterocycles. The molecule has 0 fully saturated rings. The van der Waals surface area contributed by atoms with Gasteiger partial charge in [0.15, 0.2) is 0 Å². The van der Waals surface area contributed by atoms with Crippen LogP contribution < -0.4 is 10.2 Å². The molecule has 2 N–H and O–H groups in total. The molecule has 0 aliphatic carbocycles. The molecule has 0 unspecified atom stereocenters. The summed E-state index contributed by atoms with van der Waals surface area (Å²) in [4.78, 5) is 25.0. The number of H-pyrrole nitrogens is 1. The number of rotatable bonds is 4. The Morgan fingerprint density at radius 3 is 3.05 bits per heavy atom. The standard InChI is InChI=1S/C16H15N5O/c1-3-14(22)20-11-5-4-6-12(9-11)21(2)16-13-7-8-17-15(13)18-10-19-16/h3-10H,1H2,2H3,(H,20,22)(H,17,18,19). The molecule has 0 saturated heterocycles. The maximum Gasteiger partial charge on any atom is 0.247 e. The first-order valence-electron chi connectivity index (χ1n) is 6.74. The van der Waals surface area contributed by atoms with Gasteiger partial charge in [-0.05, 0) is 30.3 Å². The fourth-order valence-electron chi connectivity index (χ4n) is 2.23. The fraction of sp³-hybridized carbons (Fsp3) is 0.0625. The van der Waals surface area contributed by atoms with Gasteiger partial charge in [0.1, 0.15) is 17.8 Å². The molecule has 3 rings (SSSR count).